The zero-order valence-electron chi connectivity index (χ0n) is 13.2. The highest BCUT2D eigenvalue weighted by Gasteiger charge is 2.21. The fourth-order valence-electron chi connectivity index (χ4n) is 3.15. The van der Waals surface area contributed by atoms with Crippen LogP contribution in [0.3, 0.4) is 0 Å². The van der Waals surface area contributed by atoms with Crippen LogP contribution in [0.2, 0.25) is 0 Å². The molecule has 1 aromatic heterocycles. The second kappa shape index (κ2) is 6.42. The lowest BCUT2D eigenvalue weighted by atomic mass is 9.89. The summed E-state index contributed by atoms with van der Waals surface area (Å²) in [5.41, 5.74) is 1.02. The van der Waals surface area contributed by atoms with E-state index in [-0.39, 0.29) is 18.6 Å². The first-order valence-electron chi connectivity index (χ1n) is 7.98. The van der Waals surface area contributed by atoms with Crippen molar-refractivity contribution in [1.29, 1.82) is 0 Å². The topological polar surface area (TPSA) is 40.5 Å². The molecule has 118 valence electrons. The van der Waals surface area contributed by atoms with Crippen molar-refractivity contribution in [3.63, 3.8) is 0 Å². The van der Waals surface area contributed by atoms with Gasteiger partial charge in [-0.1, -0.05) is 6.92 Å². The minimum Gasteiger partial charge on any atom is -0.497 e. The van der Waals surface area contributed by atoms with Crippen molar-refractivity contribution in [3.8, 4) is 5.75 Å². The molecule has 1 saturated carbocycles. The van der Waals surface area contributed by atoms with Crippen LogP contribution in [0.5, 0.6) is 5.75 Å². The molecule has 4 heteroatoms. The fourth-order valence-corrected chi connectivity index (χ4v) is 3.15. The van der Waals surface area contributed by atoms with E-state index >= 15 is 0 Å². The van der Waals surface area contributed by atoms with Gasteiger partial charge in [-0.05, 0) is 55.9 Å². The van der Waals surface area contributed by atoms with E-state index in [1.54, 1.807) is 7.11 Å². The van der Waals surface area contributed by atoms with Crippen LogP contribution in [-0.2, 0) is 16.1 Å². The molecule has 1 heterocycles. The van der Waals surface area contributed by atoms with Crippen LogP contribution in [0.4, 0.5) is 0 Å². The molecule has 0 amide bonds. The van der Waals surface area contributed by atoms with Crippen LogP contribution in [0.1, 0.15) is 32.6 Å². The molecular formula is C18H23NO3. The highest BCUT2D eigenvalue weighted by molar-refractivity contribution is 5.83. The van der Waals surface area contributed by atoms with Gasteiger partial charge in [-0.15, -0.1) is 0 Å². The molecule has 0 unspecified atom stereocenters. The maximum atomic E-state index is 12.2. The number of nitrogens with zero attached hydrogens (tertiary/aromatic N) is 1. The number of esters is 1. The van der Waals surface area contributed by atoms with Gasteiger partial charge in [0.05, 0.1) is 7.11 Å². The van der Waals surface area contributed by atoms with E-state index in [2.05, 4.69) is 6.92 Å². The van der Waals surface area contributed by atoms with Crippen molar-refractivity contribution in [2.24, 2.45) is 5.92 Å². The number of fused-ring (bicyclic) bond motifs is 1. The Morgan fingerprint density at radius 2 is 2.00 bits per heavy atom. The quantitative estimate of drug-likeness (QED) is 0.807. The van der Waals surface area contributed by atoms with Crippen LogP contribution < -0.4 is 4.74 Å². The summed E-state index contributed by atoms with van der Waals surface area (Å²) in [6.07, 6.45) is 6.33. The minimum absolute atomic E-state index is 0.102. The van der Waals surface area contributed by atoms with E-state index in [0.717, 1.165) is 48.3 Å². The molecule has 1 aliphatic carbocycles. The zero-order valence-corrected chi connectivity index (χ0v) is 13.2. The summed E-state index contributed by atoms with van der Waals surface area (Å²) in [5.74, 6) is 1.44. The molecular weight excluding hydrogens is 278 g/mol. The van der Waals surface area contributed by atoms with Gasteiger partial charge in [0.2, 0.25) is 0 Å². The Morgan fingerprint density at radius 3 is 2.73 bits per heavy atom. The zero-order chi connectivity index (χ0) is 15.5. The molecule has 0 N–H and O–H groups in total. The number of ether oxygens (including phenoxy) is 2. The molecule has 0 atom stereocenters. The first-order valence-corrected chi connectivity index (χ1v) is 7.98. The van der Waals surface area contributed by atoms with Crippen molar-refractivity contribution in [3.05, 3.63) is 30.5 Å². The lowest BCUT2D eigenvalue weighted by molar-refractivity contribution is -0.151. The fraction of sp³-hybridized carbons (Fsp3) is 0.500. The van der Waals surface area contributed by atoms with E-state index < -0.39 is 0 Å². The Bertz CT molecular complexity index is 653. The van der Waals surface area contributed by atoms with Gasteiger partial charge >= 0.3 is 5.97 Å². The summed E-state index contributed by atoms with van der Waals surface area (Å²) in [7, 11) is 1.65. The highest BCUT2D eigenvalue weighted by Crippen LogP contribution is 2.26. The van der Waals surface area contributed by atoms with Gasteiger partial charge in [-0.25, -0.2) is 0 Å². The number of carbonyl (C=O) groups excluding carboxylic acids is 1. The number of hydrogen-bond acceptors (Lipinski definition) is 3. The Kier molecular flexibility index (Phi) is 4.36. The number of benzene rings is 1. The molecule has 0 aliphatic heterocycles. The smallest absolute Gasteiger partial charge is 0.326 e. The second-order valence-corrected chi connectivity index (χ2v) is 6.24. The molecule has 2 aromatic rings. The number of hydrogen-bond donors (Lipinski definition) is 0. The van der Waals surface area contributed by atoms with Crippen molar-refractivity contribution >= 4 is 16.9 Å². The lowest BCUT2D eigenvalue weighted by Crippen LogP contribution is -2.25. The number of methoxy groups -OCH3 is 1. The van der Waals surface area contributed by atoms with Crippen LogP contribution in [-0.4, -0.2) is 23.8 Å². The van der Waals surface area contributed by atoms with Gasteiger partial charge in [0.25, 0.3) is 0 Å². The van der Waals surface area contributed by atoms with E-state index in [9.17, 15) is 4.79 Å². The van der Waals surface area contributed by atoms with Gasteiger partial charge in [-0.2, -0.15) is 0 Å². The molecule has 4 nitrogen and oxygen atoms in total. The summed E-state index contributed by atoms with van der Waals surface area (Å²) >= 11 is 0. The SMILES string of the molecule is COc1ccc2c(ccn2CC(=O)OC2CCC(C)CC2)c1. The maximum absolute atomic E-state index is 12.2. The summed E-state index contributed by atoms with van der Waals surface area (Å²) in [4.78, 5) is 12.2. The average Bonchev–Trinajstić information content (AvgIpc) is 2.91. The molecule has 0 spiro atoms. The Morgan fingerprint density at radius 1 is 1.23 bits per heavy atom. The van der Waals surface area contributed by atoms with Gasteiger partial charge < -0.3 is 14.0 Å². The number of carbonyl (C=O) groups is 1. The van der Waals surface area contributed by atoms with Crippen molar-refractivity contribution in [1.82, 2.24) is 4.57 Å². The normalized spacial score (nSPS) is 21.7. The van der Waals surface area contributed by atoms with E-state index in [1.807, 2.05) is 35.0 Å². The van der Waals surface area contributed by atoms with Crippen molar-refractivity contribution < 1.29 is 14.3 Å². The van der Waals surface area contributed by atoms with Crippen LogP contribution >= 0.6 is 0 Å². The third-order valence-electron chi connectivity index (χ3n) is 4.54. The molecule has 1 aromatic carbocycles. The average molecular weight is 301 g/mol. The minimum atomic E-state index is -0.145. The second-order valence-electron chi connectivity index (χ2n) is 6.24. The van der Waals surface area contributed by atoms with E-state index in [4.69, 9.17) is 9.47 Å². The largest absolute Gasteiger partial charge is 0.497 e. The molecule has 1 aliphatic rings. The first kappa shape index (κ1) is 14.9. The van der Waals surface area contributed by atoms with Crippen LogP contribution in [0, 0.1) is 5.92 Å². The number of aromatic nitrogens is 1. The van der Waals surface area contributed by atoms with Gasteiger partial charge in [0.15, 0.2) is 0 Å². The maximum Gasteiger partial charge on any atom is 0.326 e. The summed E-state index contributed by atoms with van der Waals surface area (Å²) in [5, 5.41) is 1.07. The predicted molar refractivity (Wildman–Crippen MR) is 86.0 cm³/mol. The molecule has 1 fully saturated rings. The molecule has 0 saturated heterocycles. The Labute approximate surface area is 131 Å². The highest BCUT2D eigenvalue weighted by atomic mass is 16.5. The van der Waals surface area contributed by atoms with Crippen molar-refractivity contribution in [2.75, 3.05) is 7.11 Å². The third-order valence-corrected chi connectivity index (χ3v) is 4.54. The molecule has 0 radical (unpaired) electrons. The standard InChI is InChI=1S/C18H23NO3/c1-13-3-5-15(6-4-13)22-18(20)12-19-10-9-14-11-16(21-2)7-8-17(14)19/h7-11,13,15H,3-6,12H2,1-2H3. The molecule has 3 rings (SSSR count). The summed E-state index contributed by atoms with van der Waals surface area (Å²) in [6, 6.07) is 7.85. The summed E-state index contributed by atoms with van der Waals surface area (Å²) < 4.78 is 12.8. The van der Waals surface area contributed by atoms with E-state index in [0.29, 0.717) is 0 Å². The Hall–Kier alpha value is -1.97. The molecule has 0 bridgehead atoms. The van der Waals surface area contributed by atoms with Gasteiger partial charge in [-0.3, -0.25) is 4.79 Å². The lowest BCUT2D eigenvalue weighted by Gasteiger charge is -2.26. The first-order chi connectivity index (χ1) is 10.7. The van der Waals surface area contributed by atoms with Crippen LogP contribution in [0.15, 0.2) is 30.5 Å². The Balaban J connectivity index is 1.64. The van der Waals surface area contributed by atoms with Crippen molar-refractivity contribution in [2.45, 2.75) is 45.3 Å². The predicted octanol–water partition coefficient (Wildman–Crippen LogP) is 3.77. The monoisotopic (exact) mass is 301 g/mol. The number of rotatable bonds is 4. The van der Waals surface area contributed by atoms with Gasteiger partial charge in [0.1, 0.15) is 18.4 Å². The molecule has 22 heavy (non-hydrogen) atoms. The summed E-state index contributed by atoms with van der Waals surface area (Å²) in [6.45, 7) is 2.53. The van der Waals surface area contributed by atoms with Crippen LogP contribution in [0.25, 0.3) is 10.9 Å². The van der Waals surface area contributed by atoms with E-state index in [1.165, 1.54) is 0 Å². The van der Waals surface area contributed by atoms with Gasteiger partial charge in [0, 0.05) is 17.1 Å². The third kappa shape index (κ3) is 3.26.